The summed E-state index contributed by atoms with van der Waals surface area (Å²) in [5.41, 5.74) is 2.82. The molecule has 2 aromatic rings. The van der Waals surface area contributed by atoms with Gasteiger partial charge in [-0.05, 0) is 24.5 Å². The highest BCUT2D eigenvalue weighted by atomic mass is 32.2. The Morgan fingerprint density at radius 3 is 2.20 bits per heavy atom. The molecule has 136 valence electrons. The van der Waals surface area contributed by atoms with Crippen molar-refractivity contribution in [1.82, 2.24) is 10.2 Å². The van der Waals surface area contributed by atoms with Crippen LogP contribution in [0.2, 0.25) is 0 Å². The van der Waals surface area contributed by atoms with Crippen LogP contribution in [0.15, 0.2) is 60.7 Å². The van der Waals surface area contributed by atoms with Crippen LogP contribution in [0.3, 0.4) is 0 Å². The Morgan fingerprint density at radius 1 is 0.920 bits per heavy atom. The fraction of sp³-hybridized carbons (Fsp3) is 0.455. The first-order chi connectivity index (χ1) is 12.3. The molecule has 0 aliphatic heterocycles. The van der Waals surface area contributed by atoms with Crippen LogP contribution in [0.1, 0.15) is 31.4 Å². The van der Waals surface area contributed by atoms with Crippen LogP contribution >= 0.6 is 11.8 Å². The van der Waals surface area contributed by atoms with E-state index < -0.39 is 0 Å². The standard InChI is InChI=1S/C22H32N2S/c1-3-20(2)24(18-21-10-6-4-7-11-21)16-14-23-15-17-25-19-22-12-8-5-9-13-22/h4-13,20,23H,3,14-19H2,1-2H3. The predicted octanol–water partition coefficient (Wildman–Crippen LogP) is 4.81. The summed E-state index contributed by atoms with van der Waals surface area (Å²) in [5.74, 6) is 2.27. The van der Waals surface area contributed by atoms with Crippen molar-refractivity contribution in [2.75, 3.05) is 25.4 Å². The van der Waals surface area contributed by atoms with Crippen LogP contribution in [0.25, 0.3) is 0 Å². The summed E-state index contributed by atoms with van der Waals surface area (Å²) >= 11 is 2.00. The van der Waals surface area contributed by atoms with E-state index in [1.807, 2.05) is 11.8 Å². The summed E-state index contributed by atoms with van der Waals surface area (Å²) in [6, 6.07) is 22.1. The highest BCUT2D eigenvalue weighted by molar-refractivity contribution is 7.98. The Labute approximate surface area is 158 Å². The molecule has 0 heterocycles. The molecule has 0 fully saturated rings. The van der Waals surface area contributed by atoms with Crippen molar-refractivity contribution in [3.8, 4) is 0 Å². The molecule has 0 spiro atoms. The summed E-state index contributed by atoms with van der Waals surface area (Å²) in [7, 11) is 0. The third-order valence-corrected chi connectivity index (χ3v) is 5.58. The van der Waals surface area contributed by atoms with Gasteiger partial charge in [0.15, 0.2) is 0 Å². The van der Waals surface area contributed by atoms with E-state index in [1.165, 1.54) is 17.5 Å². The van der Waals surface area contributed by atoms with Gasteiger partial charge in [0, 0.05) is 43.7 Å². The van der Waals surface area contributed by atoms with E-state index in [1.54, 1.807) is 0 Å². The van der Waals surface area contributed by atoms with Crippen LogP contribution in [0.5, 0.6) is 0 Å². The van der Waals surface area contributed by atoms with Gasteiger partial charge in [0.2, 0.25) is 0 Å². The minimum atomic E-state index is 0.620. The van der Waals surface area contributed by atoms with Crippen LogP contribution in [0, 0.1) is 0 Å². The van der Waals surface area contributed by atoms with Gasteiger partial charge in [-0.25, -0.2) is 0 Å². The Balaban J connectivity index is 1.61. The SMILES string of the molecule is CCC(C)N(CCNCCSCc1ccccc1)Cc1ccccc1. The van der Waals surface area contributed by atoms with E-state index in [-0.39, 0.29) is 0 Å². The van der Waals surface area contributed by atoms with Gasteiger partial charge in [-0.1, -0.05) is 67.6 Å². The molecule has 2 rings (SSSR count). The Morgan fingerprint density at radius 2 is 1.56 bits per heavy atom. The van der Waals surface area contributed by atoms with Crippen LogP contribution < -0.4 is 5.32 Å². The molecule has 3 heteroatoms. The minimum absolute atomic E-state index is 0.620. The summed E-state index contributed by atoms with van der Waals surface area (Å²) in [6.07, 6.45) is 1.19. The zero-order chi connectivity index (χ0) is 17.7. The molecule has 1 N–H and O–H groups in total. The minimum Gasteiger partial charge on any atom is -0.315 e. The van der Waals surface area contributed by atoms with Crippen LogP contribution in [0.4, 0.5) is 0 Å². The van der Waals surface area contributed by atoms with Gasteiger partial charge in [0.1, 0.15) is 0 Å². The lowest BCUT2D eigenvalue weighted by atomic mass is 10.1. The molecule has 0 radical (unpaired) electrons. The van der Waals surface area contributed by atoms with Gasteiger partial charge in [-0.3, -0.25) is 4.90 Å². The van der Waals surface area contributed by atoms with Gasteiger partial charge < -0.3 is 5.32 Å². The van der Waals surface area contributed by atoms with E-state index in [4.69, 9.17) is 0 Å². The molecular formula is C22H32N2S. The zero-order valence-corrected chi connectivity index (χ0v) is 16.5. The lowest BCUT2D eigenvalue weighted by molar-refractivity contribution is 0.196. The third kappa shape index (κ3) is 8.08. The average molecular weight is 357 g/mol. The Bertz CT molecular complexity index is 559. The molecule has 0 aromatic heterocycles. The molecule has 0 aliphatic carbocycles. The number of nitrogens with zero attached hydrogens (tertiary/aromatic N) is 1. The predicted molar refractivity (Wildman–Crippen MR) is 112 cm³/mol. The molecule has 1 unspecified atom stereocenters. The van der Waals surface area contributed by atoms with Crippen molar-refractivity contribution < 1.29 is 0 Å². The lowest BCUT2D eigenvalue weighted by Gasteiger charge is -2.28. The van der Waals surface area contributed by atoms with Gasteiger partial charge >= 0.3 is 0 Å². The first-order valence-corrected chi connectivity index (χ1v) is 10.6. The first-order valence-electron chi connectivity index (χ1n) is 9.40. The van der Waals surface area contributed by atoms with Crippen molar-refractivity contribution in [3.05, 3.63) is 71.8 Å². The monoisotopic (exact) mass is 356 g/mol. The van der Waals surface area contributed by atoms with E-state index in [2.05, 4.69) is 84.7 Å². The first kappa shape index (κ1) is 20.0. The zero-order valence-electron chi connectivity index (χ0n) is 15.7. The quantitative estimate of drug-likeness (QED) is 0.549. The van der Waals surface area contributed by atoms with Crippen molar-refractivity contribution in [3.63, 3.8) is 0 Å². The highest BCUT2D eigenvalue weighted by Crippen LogP contribution is 2.11. The summed E-state index contributed by atoms with van der Waals surface area (Å²) in [4.78, 5) is 2.58. The third-order valence-electron chi connectivity index (χ3n) is 4.55. The number of hydrogen-bond acceptors (Lipinski definition) is 3. The van der Waals surface area contributed by atoms with Crippen molar-refractivity contribution >= 4 is 11.8 Å². The second-order valence-electron chi connectivity index (χ2n) is 6.50. The molecule has 0 saturated carbocycles. The van der Waals surface area contributed by atoms with Crippen LogP contribution in [-0.2, 0) is 12.3 Å². The summed E-state index contributed by atoms with van der Waals surface area (Å²) < 4.78 is 0. The molecule has 2 aromatic carbocycles. The van der Waals surface area contributed by atoms with Gasteiger partial charge in [0.05, 0.1) is 0 Å². The maximum Gasteiger partial charge on any atom is 0.0237 e. The molecule has 0 aliphatic rings. The van der Waals surface area contributed by atoms with E-state index >= 15 is 0 Å². The van der Waals surface area contributed by atoms with Gasteiger partial charge in [-0.15, -0.1) is 0 Å². The second-order valence-corrected chi connectivity index (χ2v) is 7.61. The normalized spacial score (nSPS) is 12.4. The topological polar surface area (TPSA) is 15.3 Å². The van der Waals surface area contributed by atoms with Crippen LogP contribution in [-0.4, -0.2) is 36.3 Å². The van der Waals surface area contributed by atoms with Gasteiger partial charge in [-0.2, -0.15) is 11.8 Å². The molecule has 25 heavy (non-hydrogen) atoms. The Kier molecular flexibility index (Phi) is 9.71. The average Bonchev–Trinajstić information content (AvgIpc) is 2.67. The van der Waals surface area contributed by atoms with Crippen molar-refractivity contribution in [1.29, 1.82) is 0 Å². The maximum atomic E-state index is 3.60. The van der Waals surface area contributed by atoms with E-state index in [0.29, 0.717) is 6.04 Å². The molecule has 0 amide bonds. The number of thioether (sulfide) groups is 1. The highest BCUT2D eigenvalue weighted by Gasteiger charge is 2.11. The van der Waals surface area contributed by atoms with E-state index in [9.17, 15) is 0 Å². The van der Waals surface area contributed by atoms with Crippen molar-refractivity contribution in [2.24, 2.45) is 0 Å². The number of benzene rings is 2. The number of rotatable bonds is 12. The second kappa shape index (κ2) is 12.1. The molecule has 0 bridgehead atoms. The molecule has 2 nitrogen and oxygen atoms in total. The Hall–Kier alpha value is -1.29. The molecule has 0 saturated heterocycles. The summed E-state index contributed by atoms with van der Waals surface area (Å²) in [5, 5.41) is 3.60. The lowest BCUT2D eigenvalue weighted by Crippen LogP contribution is -2.38. The number of nitrogens with one attached hydrogen (secondary N) is 1. The smallest absolute Gasteiger partial charge is 0.0237 e. The van der Waals surface area contributed by atoms with Gasteiger partial charge in [0.25, 0.3) is 0 Å². The fourth-order valence-corrected chi connectivity index (χ4v) is 3.65. The number of hydrogen-bond donors (Lipinski definition) is 1. The maximum absolute atomic E-state index is 3.60. The summed E-state index contributed by atoms with van der Waals surface area (Å²) in [6.45, 7) is 8.89. The fourth-order valence-electron chi connectivity index (χ4n) is 2.79. The van der Waals surface area contributed by atoms with Crippen molar-refractivity contribution in [2.45, 2.75) is 38.6 Å². The molecule has 1 atom stereocenters. The van der Waals surface area contributed by atoms with E-state index in [0.717, 1.165) is 37.7 Å². The molecular weight excluding hydrogens is 324 g/mol. The largest absolute Gasteiger partial charge is 0.315 e.